The Hall–Kier alpha value is -4.93. The molecular weight excluding hydrogens is 877 g/mol. The van der Waals surface area contributed by atoms with Crippen LogP contribution >= 0.6 is 0 Å². The van der Waals surface area contributed by atoms with Gasteiger partial charge in [-0.1, -0.05) is 95.0 Å². The predicted octanol–water partition coefficient (Wildman–Crippen LogP) is 6.90. The summed E-state index contributed by atoms with van der Waals surface area (Å²) in [5, 5.41) is 18.0. The zero-order valence-electron chi connectivity index (χ0n) is 40.0. The zero-order chi connectivity index (χ0) is 47.7. The van der Waals surface area contributed by atoms with Crippen molar-refractivity contribution in [1.29, 1.82) is 0 Å². The number of benzene rings is 3. The van der Waals surface area contributed by atoms with Crippen LogP contribution in [0.5, 0.6) is 11.5 Å². The van der Waals surface area contributed by atoms with Gasteiger partial charge in [0.15, 0.2) is 25.7 Å². The number of carbonyl (C=O) groups is 1. The fourth-order valence-corrected chi connectivity index (χ4v) is 9.43. The van der Waals surface area contributed by atoms with E-state index >= 15 is 0 Å². The van der Waals surface area contributed by atoms with Crippen LogP contribution in [0.15, 0.2) is 96.3 Å². The van der Waals surface area contributed by atoms with Crippen molar-refractivity contribution in [2.24, 2.45) is 0 Å². The molecule has 0 saturated carbocycles. The largest absolute Gasteiger partial charge is 0.497 e. The van der Waals surface area contributed by atoms with Crippen molar-refractivity contribution in [3.05, 3.63) is 119 Å². The lowest BCUT2D eigenvalue weighted by atomic mass is 9.80. The molecule has 0 aliphatic carbocycles. The van der Waals surface area contributed by atoms with E-state index in [4.69, 9.17) is 32.8 Å². The third-order valence-corrected chi connectivity index (χ3v) is 18.5. The van der Waals surface area contributed by atoms with Crippen molar-refractivity contribution < 1.29 is 42.7 Å². The summed E-state index contributed by atoms with van der Waals surface area (Å²) in [5.41, 5.74) is 1.46. The van der Waals surface area contributed by atoms with Crippen LogP contribution in [0.2, 0.25) is 43.8 Å². The topological polar surface area (TPSA) is 179 Å². The van der Waals surface area contributed by atoms with E-state index in [1.54, 1.807) is 18.8 Å². The van der Waals surface area contributed by atoms with E-state index in [9.17, 15) is 14.7 Å². The van der Waals surface area contributed by atoms with Crippen LogP contribution in [0.25, 0.3) is 11.2 Å². The fourth-order valence-electron chi connectivity index (χ4n) is 7.43. The van der Waals surface area contributed by atoms with E-state index in [1.165, 1.54) is 17.2 Å². The molecule has 16 nitrogen and oxygen atoms in total. The molecule has 2 aromatic heterocycles. The maximum Gasteiger partial charge on any atom is 0.407 e. The third-order valence-electron chi connectivity index (χ3n) is 12.3. The van der Waals surface area contributed by atoms with Crippen molar-refractivity contribution in [1.82, 2.24) is 29.7 Å². The Morgan fingerprint density at radius 1 is 0.833 bits per heavy atom. The number of rotatable bonds is 22. The number of hydrogen-bond donors (Lipinski definition) is 3. The number of ether oxygens (including phenoxy) is 6. The molecule has 18 heteroatoms. The number of methoxy groups -OCH3 is 2. The van der Waals surface area contributed by atoms with Gasteiger partial charge in [0.05, 0.1) is 53.6 Å². The minimum atomic E-state index is -2.53. The highest BCUT2D eigenvalue weighted by atomic mass is 28.4. The van der Waals surface area contributed by atoms with Gasteiger partial charge in [-0.15, -0.1) is 0 Å². The number of amides is 1. The molecule has 3 N–H and O–H groups in total. The SMILES string of the molecule is COc1ccc(C(OC[C@H]2O[C@@H](n3cnc4c(=O)n(CCOCNCCNC(=O)OCC[Si](C)(C)C)cnc43)[C@H](O[Si](C)(C)C(C)(C)C)[C@@H]2O)(c2ccccc2)c2ccc(OC)cc2)cc1. The fraction of sp³-hybridized carbons (Fsp3) is 0.500. The Morgan fingerprint density at radius 2 is 1.45 bits per heavy atom. The first kappa shape index (κ1) is 50.5. The van der Waals surface area contributed by atoms with Crippen LogP contribution in [0.1, 0.15) is 43.7 Å². The number of alkyl carbamates (subject to hydrolysis) is 1. The van der Waals surface area contributed by atoms with E-state index in [0.717, 1.165) is 22.7 Å². The summed E-state index contributed by atoms with van der Waals surface area (Å²) in [5.74, 6) is 1.39. The average Bonchev–Trinajstić information content (AvgIpc) is 3.85. The van der Waals surface area contributed by atoms with Crippen molar-refractivity contribution in [3.8, 4) is 11.5 Å². The molecule has 0 spiro atoms. The standard InChI is InChI=1S/C48H68N6O10Si2/c1-47(2,3)66(9,10)64-42-41(55)39(30-62-48(34-14-12-11-13-15-34,35-16-20-37(58-4)21-17-35)36-18-22-38(59-5)23-19-36)63-45(42)54-32-51-40-43(54)52-31-53(44(40)56)26-27-60-33-49-24-25-50-46(57)61-28-29-65(6,7)8/h11-23,31-32,39,41-42,45,49,55H,24-30,33H2,1-10H3,(H,50,57)/t39-,41-,42-,45-/m1/s1. The molecule has 1 saturated heterocycles. The first-order valence-electron chi connectivity index (χ1n) is 22.5. The first-order chi connectivity index (χ1) is 31.4. The Labute approximate surface area is 390 Å². The molecule has 0 bridgehead atoms. The van der Waals surface area contributed by atoms with Crippen LogP contribution in [0, 0.1) is 0 Å². The van der Waals surface area contributed by atoms with Crippen molar-refractivity contribution >= 4 is 33.6 Å². The normalized spacial score (nSPS) is 18.1. The molecule has 6 rings (SSSR count). The summed E-state index contributed by atoms with van der Waals surface area (Å²) in [7, 11) is -0.550. The summed E-state index contributed by atoms with van der Waals surface area (Å²) in [4.78, 5) is 34.9. The quantitative estimate of drug-likeness (QED) is 0.0283. The highest BCUT2D eigenvalue weighted by Crippen LogP contribution is 2.45. The lowest BCUT2D eigenvalue weighted by molar-refractivity contribution is -0.0940. The second kappa shape index (κ2) is 21.8. The minimum Gasteiger partial charge on any atom is -0.497 e. The van der Waals surface area contributed by atoms with Gasteiger partial charge in [-0.3, -0.25) is 19.2 Å². The van der Waals surface area contributed by atoms with Crippen LogP contribution in [0.4, 0.5) is 4.79 Å². The molecule has 0 radical (unpaired) electrons. The second-order valence-electron chi connectivity index (χ2n) is 19.2. The van der Waals surface area contributed by atoms with Crippen LogP contribution in [-0.4, -0.2) is 119 Å². The van der Waals surface area contributed by atoms with E-state index < -0.39 is 52.6 Å². The molecular formula is C48H68N6O10Si2. The van der Waals surface area contributed by atoms with E-state index in [1.807, 2.05) is 78.9 Å². The maximum absolute atomic E-state index is 13.8. The van der Waals surface area contributed by atoms with Crippen LogP contribution < -0.4 is 25.7 Å². The summed E-state index contributed by atoms with van der Waals surface area (Å²) >= 11 is 0. The number of hydrogen-bond acceptors (Lipinski definition) is 13. The van der Waals surface area contributed by atoms with Gasteiger partial charge in [0.2, 0.25) is 0 Å². The number of aliphatic hydroxyl groups is 1. The Kier molecular flexibility index (Phi) is 16.7. The van der Waals surface area contributed by atoms with Crippen LogP contribution in [-0.2, 0) is 35.5 Å². The minimum absolute atomic E-state index is 0.0500. The third kappa shape index (κ3) is 12.0. The average molecular weight is 945 g/mol. The number of fused-ring (bicyclic) bond motifs is 1. The Morgan fingerprint density at radius 3 is 2.05 bits per heavy atom. The summed E-state index contributed by atoms with van der Waals surface area (Å²) in [6.45, 7) is 19.3. The smallest absolute Gasteiger partial charge is 0.407 e. The number of nitrogens with zero attached hydrogens (tertiary/aromatic N) is 4. The van der Waals surface area contributed by atoms with E-state index in [-0.39, 0.29) is 42.6 Å². The van der Waals surface area contributed by atoms with E-state index in [0.29, 0.717) is 36.8 Å². The van der Waals surface area contributed by atoms with Crippen molar-refractivity contribution in [3.63, 3.8) is 0 Å². The van der Waals surface area contributed by atoms with Crippen molar-refractivity contribution in [2.75, 3.05) is 53.9 Å². The molecule has 1 aliphatic rings. The molecule has 4 atom stereocenters. The number of nitrogens with one attached hydrogen (secondary N) is 2. The van der Waals surface area contributed by atoms with Gasteiger partial charge in [0, 0.05) is 21.2 Å². The number of aromatic nitrogens is 4. The Balaban J connectivity index is 1.20. The van der Waals surface area contributed by atoms with Gasteiger partial charge in [-0.2, -0.15) is 0 Å². The highest BCUT2D eigenvalue weighted by molar-refractivity contribution is 6.76. The number of imidazole rings is 1. The van der Waals surface area contributed by atoms with Gasteiger partial charge in [0.25, 0.3) is 5.56 Å². The lowest BCUT2D eigenvalue weighted by Crippen LogP contribution is -2.49. The molecule has 3 heterocycles. The summed E-state index contributed by atoms with van der Waals surface area (Å²) in [6.07, 6.45) is -1.23. The highest BCUT2D eigenvalue weighted by Gasteiger charge is 2.52. The molecule has 66 heavy (non-hydrogen) atoms. The summed E-state index contributed by atoms with van der Waals surface area (Å²) < 4.78 is 46.1. The van der Waals surface area contributed by atoms with Gasteiger partial charge < -0.3 is 43.3 Å². The van der Waals surface area contributed by atoms with E-state index in [2.05, 4.69) is 74.1 Å². The monoisotopic (exact) mass is 944 g/mol. The molecule has 0 unspecified atom stereocenters. The molecule has 3 aromatic carbocycles. The second-order valence-corrected chi connectivity index (χ2v) is 29.6. The molecule has 358 valence electrons. The predicted molar refractivity (Wildman–Crippen MR) is 258 cm³/mol. The number of carbonyl (C=O) groups excluding carboxylic acids is 1. The van der Waals surface area contributed by atoms with Crippen LogP contribution in [0.3, 0.4) is 0 Å². The van der Waals surface area contributed by atoms with Gasteiger partial charge >= 0.3 is 6.09 Å². The van der Waals surface area contributed by atoms with Gasteiger partial charge in [0.1, 0.15) is 41.7 Å². The molecule has 5 aromatic rings. The maximum atomic E-state index is 13.8. The zero-order valence-corrected chi connectivity index (χ0v) is 42.0. The first-order valence-corrected chi connectivity index (χ1v) is 29.1. The molecule has 1 fully saturated rings. The molecule has 1 amide bonds. The molecule has 1 aliphatic heterocycles. The number of aliphatic hydroxyl groups excluding tert-OH is 1. The van der Waals surface area contributed by atoms with Crippen molar-refractivity contribution in [2.45, 2.75) is 101 Å². The summed E-state index contributed by atoms with van der Waals surface area (Å²) in [6, 6.07) is 26.3. The Bertz CT molecular complexity index is 2340. The van der Waals surface area contributed by atoms with Gasteiger partial charge in [-0.05, 0) is 65.1 Å². The van der Waals surface area contributed by atoms with Gasteiger partial charge in [-0.25, -0.2) is 14.8 Å². The lowest BCUT2D eigenvalue weighted by Gasteiger charge is -2.40.